The Bertz CT molecular complexity index is 271. The van der Waals surface area contributed by atoms with Crippen LogP contribution in [-0.4, -0.2) is 17.0 Å². The minimum atomic E-state index is -0.414. The standard InChI is InChI=1S/C9H11IO2/c1-6(11)7-3-4-8(10)9(5-7)12-2/h3-6,11H,1-2H3/p+1/t6-/m1/s1. The van der Waals surface area contributed by atoms with E-state index in [1.54, 1.807) is 14.0 Å². The first-order valence-electron chi connectivity index (χ1n) is 3.72. The molecule has 12 heavy (non-hydrogen) atoms. The van der Waals surface area contributed by atoms with E-state index in [1.165, 1.54) is 0 Å². The van der Waals surface area contributed by atoms with E-state index in [1.807, 2.05) is 18.2 Å². The van der Waals surface area contributed by atoms with Crippen molar-refractivity contribution in [1.82, 2.24) is 0 Å². The van der Waals surface area contributed by atoms with Crippen molar-refractivity contribution >= 4 is 22.6 Å². The number of ether oxygens (including phenoxy) is 1. The maximum atomic E-state index is 9.29. The second kappa shape index (κ2) is 4.09. The predicted molar refractivity (Wildman–Crippen MR) is 57.4 cm³/mol. The van der Waals surface area contributed by atoms with E-state index in [0.717, 1.165) is 14.9 Å². The maximum Gasteiger partial charge on any atom is 0.268 e. The molecule has 0 aromatic heterocycles. The number of aliphatic hydroxyl groups is 2. The topological polar surface area (TPSA) is 33.0 Å². The fourth-order valence-corrected chi connectivity index (χ4v) is 1.54. The van der Waals surface area contributed by atoms with E-state index in [4.69, 9.17) is 0 Å². The van der Waals surface area contributed by atoms with Crippen molar-refractivity contribution in [1.29, 1.82) is 0 Å². The molecule has 0 radical (unpaired) electrons. The molecule has 1 atom stereocenters. The molecule has 1 aromatic rings. The minimum absolute atomic E-state index is 0.414. The van der Waals surface area contributed by atoms with Crippen LogP contribution in [-0.2, 0) is 0 Å². The summed E-state index contributed by atoms with van der Waals surface area (Å²) in [6.45, 7) is 1.75. The van der Waals surface area contributed by atoms with Gasteiger partial charge in [0.15, 0.2) is 7.11 Å². The zero-order valence-corrected chi connectivity index (χ0v) is 9.24. The van der Waals surface area contributed by atoms with Crippen LogP contribution in [0.3, 0.4) is 0 Å². The summed E-state index contributed by atoms with van der Waals surface area (Å²) < 4.78 is 5.21. The quantitative estimate of drug-likeness (QED) is 0.653. The second-order valence-electron chi connectivity index (χ2n) is 2.61. The van der Waals surface area contributed by atoms with Crippen molar-refractivity contribution in [3.8, 4) is 5.75 Å². The summed E-state index contributed by atoms with van der Waals surface area (Å²) in [5, 5.41) is 9.29. The highest BCUT2D eigenvalue weighted by Crippen LogP contribution is 2.25. The molecule has 1 rings (SSSR count). The van der Waals surface area contributed by atoms with Gasteiger partial charge in [0.2, 0.25) is 0 Å². The lowest BCUT2D eigenvalue weighted by Gasteiger charge is -2.06. The molecular weight excluding hydrogens is 267 g/mol. The van der Waals surface area contributed by atoms with Crippen LogP contribution in [0.2, 0.25) is 0 Å². The van der Waals surface area contributed by atoms with E-state index < -0.39 is 6.10 Å². The van der Waals surface area contributed by atoms with Crippen molar-refractivity contribution in [2.75, 3.05) is 7.11 Å². The minimum Gasteiger partial charge on any atom is -0.584 e. The van der Waals surface area contributed by atoms with Crippen molar-refractivity contribution in [3.63, 3.8) is 0 Å². The van der Waals surface area contributed by atoms with Crippen molar-refractivity contribution in [3.05, 3.63) is 27.3 Å². The molecule has 3 heteroatoms. The van der Waals surface area contributed by atoms with E-state index in [0.29, 0.717) is 0 Å². The number of hydrogen-bond acceptors (Lipinski definition) is 1. The maximum absolute atomic E-state index is 9.29. The smallest absolute Gasteiger partial charge is 0.268 e. The van der Waals surface area contributed by atoms with Crippen LogP contribution in [0.15, 0.2) is 18.2 Å². The average Bonchev–Trinajstić information content (AvgIpc) is 2.05. The Morgan fingerprint density at radius 1 is 1.50 bits per heavy atom. The van der Waals surface area contributed by atoms with Gasteiger partial charge >= 0.3 is 0 Å². The Balaban J connectivity index is 3.05. The number of halogens is 1. The fraction of sp³-hybridized carbons (Fsp3) is 0.333. The summed E-state index contributed by atoms with van der Waals surface area (Å²) in [6, 6.07) is 5.79. The van der Waals surface area contributed by atoms with Crippen LogP contribution in [0.1, 0.15) is 18.6 Å². The summed E-state index contributed by atoms with van der Waals surface area (Å²) >= 11 is 2.23. The molecule has 66 valence electrons. The summed E-state index contributed by atoms with van der Waals surface area (Å²) in [5.74, 6) is 0.939. The first-order chi connectivity index (χ1) is 5.65. The zero-order valence-electron chi connectivity index (χ0n) is 7.08. The normalized spacial score (nSPS) is 12.7. The van der Waals surface area contributed by atoms with Gasteiger partial charge in [-0.2, -0.15) is 0 Å². The summed E-state index contributed by atoms with van der Waals surface area (Å²) in [7, 11) is 1.75. The summed E-state index contributed by atoms with van der Waals surface area (Å²) in [6.07, 6.45) is -0.414. The molecule has 0 fully saturated rings. The molecule has 2 N–H and O–H groups in total. The van der Waals surface area contributed by atoms with Gasteiger partial charge in [0, 0.05) is 6.07 Å². The molecule has 1 aromatic carbocycles. The Kier molecular flexibility index (Phi) is 3.34. The highest BCUT2D eigenvalue weighted by Gasteiger charge is 2.08. The largest absolute Gasteiger partial charge is 0.584 e. The van der Waals surface area contributed by atoms with Gasteiger partial charge in [-0.25, -0.2) is 0 Å². The zero-order chi connectivity index (χ0) is 9.14. The first-order valence-corrected chi connectivity index (χ1v) is 4.80. The van der Waals surface area contributed by atoms with E-state index in [-0.39, 0.29) is 0 Å². The van der Waals surface area contributed by atoms with Crippen LogP contribution >= 0.6 is 22.6 Å². The number of hydrogen-bond donors (Lipinski definition) is 1. The van der Waals surface area contributed by atoms with Gasteiger partial charge < -0.3 is 9.84 Å². The van der Waals surface area contributed by atoms with Gasteiger partial charge in [0.05, 0.1) is 6.10 Å². The number of aliphatic hydroxyl groups excluding tert-OH is 1. The molecular formula is C9H12IO2+. The molecule has 0 aliphatic rings. The van der Waals surface area contributed by atoms with Crippen molar-refractivity contribution in [2.24, 2.45) is 0 Å². The monoisotopic (exact) mass is 279 g/mol. The average molecular weight is 279 g/mol. The molecule has 0 amide bonds. The van der Waals surface area contributed by atoms with Crippen LogP contribution in [0.4, 0.5) is 0 Å². The number of benzene rings is 1. The van der Waals surface area contributed by atoms with Crippen LogP contribution in [0, 0.1) is 3.57 Å². The molecule has 0 saturated carbocycles. The molecule has 0 bridgehead atoms. The SMILES string of the molecule is C[OH+]c1cc([C@@H](C)O)ccc1I. The molecule has 0 saturated heterocycles. The number of rotatable bonds is 2. The second-order valence-corrected chi connectivity index (χ2v) is 3.77. The van der Waals surface area contributed by atoms with E-state index in [2.05, 4.69) is 27.3 Å². The Labute approximate surface area is 85.7 Å². The van der Waals surface area contributed by atoms with Gasteiger partial charge in [-0.3, -0.25) is 0 Å². The van der Waals surface area contributed by atoms with Crippen LogP contribution in [0.25, 0.3) is 0 Å². The predicted octanol–water partition coefficient (Wildman–Crippen LogP) is 2.22. The highest BCUT2D eigenvalue weighted by molar-refractivity contribution is 14.1. The Morgan fingerprint density at radius 2 is 2.17 bits per heavy atom. The van der Waals surface area contributed by atoms with Crippen molar-refractivity contribution < 1.29 is 9.84 Å². The third-order valence-corrected chi connectivity index (χ3v) is 2.61. The molecule has 0 aliphatic heterocycles. The first kappa shape index (κ1) is 9.80. The van der Waals surface area contributed by atoms with E-state index >= 15 is 0 Å². The lowest BCUT2D eigenvalue weighted by Crippen LogP contribution is -1.92. The molecule has 0 heterocycles. The van der Waals surface area contributed by atoms with Gasteiger partial charge in [0.1, 0.15) is 3.57 Å². The van der Waals surface area contributed by atoms with Crippen LogP contribution < -0.4 is 0 Å². The highest BCUT2D eigenvalue weighted by atomic mass is 127. The molecule has 0 aliphatic carbocycles. The third-order valence-electron chi connectivity index (χ3n) is 1.69. The molecule has 0 unspecified atom stereocenters. The number of aromatic hydroxyl groups is 1. The Hall–Kier alpha value is -0.290. The van der Waals surface area contributed by atoms with Gasteiger partial charge in [-0.15, -0.1) is 0 Å². The van der Waals surface area contributed by atoms with E-state index in [9.17, 15) is 5.11 Å². The fourth-order valence-electron chi connectivity index (χ4n) is 0.961. The lowest BCUT2D eigenvalue weighted by molar-refractivity contribution is 0.132. The van der Waals surface area contributed by atoms with Crippen molar-refractivity contribution in [2.45, 2.75) is 13.0 Å². The summed E-state index contributed by atoms with van der Waals surface area (Å²) in [4.78, 5) is 0. The Morgan fingerprint density at radius 3 is 2.67 bits per heavy atom. The van der Waals surface area contributed by atoms with Gasteiger partial charge in [-0.1, -0.05) is 6.07 Å². The van der Waals surface area contributed by atoms with Gasteiger partial charge in [0.25, 0.3) is 5.75 Å². The molecule has 2 nitrogen and oxygen atoms in total. The van der Waals surface area contributed by atoms with Crippen LogP contribution in [0.5, 0.6) is 5.75 Å². The third kappa shape index (κ3) is 2.10. The summed E-state index contributed by atoms with van der Waals surface area (Å²) in [5.41, 5.74) is 0.913. The molecule has 0 spiro atoms. The van der Waals surface area contributed by atoms with Gasteiger partial charge in [-0.05, 0) is 41.1 Å². The lowest BCUT2D eigenvalue weighted by atomic mass is 10.1.